The Labute approximate surface area is 89.7 Å². The van der Waals surface area contributed by atoms with Crippen LogP contribution in [0, 0.1) is 5.92 Å². The van der Waals surface area contributed by atoms with Crippen molar-refractivity contribution in [2.75, 3.05) is 6.61 Å². The van der Waals surface area contributed by atoms with E-state index in [1.165, 1.54) is 5.56 Å². The Morgan fingerprint density at radius 2 is 2.13 bits per heavy atom. The van der Waals surface area contributed by atoms with Crippen molar-refractivity contribution in [3.63, 3.8) is 0 Å². The summed E-state index contributed by atoms with van der Waals surface area (Å²) >= 11 is 0. The van der Waals surface area contributed by atoms with Crippen molar-refractivity contribution in [2.24, 2.45) is 11.7 Å². The maximum Gasteiger partial charge on any atom is 0.124 e. The lowest BCUT2D eigenvalue weighted by Crippen LogP contribution is -2.50. The van der Waals surface area contributed by atoms with Gasteiger partial charge in [-0.05, 0) is 18.9 Å². The van der Waals surface area contributed by atoms with Crippen LogP contribution in [0.4, 0.5) is 0 Å². The van der Waals surface area contributed by atoms with Crippen molar-refractivity contribution < 1.29 is 4.74 Å². The average Bonchev–Trinajstić information content (AvgIpc) is 2.29. The van der Waals surface area contributed by atoms with Gasteiger partial charge < -0.3 is 10.5 Å². The summed E-state index contributed by atoms with van der Waals surface area (Å²) in [6.45, 7) is 0.748. The molecule has 15 heavy (non-hydrogen) atoms. The molecule has 78 valence electrons. The number of nitrogens with two attached hydrogens (primary N) is 1. The molecule has 0 bridgehead atoms. The van der Waals surface area contributed by atoms with Crippen molar-refractivity contribution >= 4 is 0 Å². The van der Waals surface area contributed by atoms with Gasteiger partial charge in [-0.3, -0.25) is 0 Å². The van der Waals surface area contributed by atoms with Gasteiger partial charge in [0.25, 0.3) is 0 Å². The van der Waals surface area contributed by atoms with Crippen molar-refractivity contribution in [3.05, 3.63) is 42.0 Å². The van der Waals surface area contributed by atoms with Gasteiger partial charge in [0.1, 0.15) is 5.75 Å². The first kappa shape index (κ1) is 8.98. The van der Waals surface area contributed by atoms with E-state index in [1.807, 2.05) is 18.2 Å². The van der Waals surface area contributed by atoms with Crippen molar-refractivity contribution in [2.45, 2.75) is 18.4 Å². The number of hydrogen-bond acceptors (Lipinski definition) is 2. The zero-order valence-corrected chi connectivity index (χ0v) is 8.65. The van der Waals surface area contributed by atoms with E-state index in [4.69, 9.17) is 10.5 Å². The summed E-state index contributed by atoms with van der Waals surface area (Å²) < 4.78 is 5.74. The summed E-state index contributed by atoms with van der Waals surface area (Å²) in [5, 5.41) is 0. The van der Waals surface area contributed by atoms with Gasteiger partial charge in [-0.15, -0.1) is 0 Å². The molecule has 0 saturated heterocycles. The molecule has 1 aromatic carbocycles. The Morgan fingerprint density at radius 3 is 3.07 bits per heavy atom. The highest BCUT2D eigenvalue weighted by atomic mass is 16.5. The Hall–Kier alpha value is -1.28. The quantitative estimate of drug-likeness (QED) is 0.653. The monoisotopic (exact) mass is 201 g/mol. The fourth-order valence-corrected chi connectivity index (χ4v) is 2.63. The minimum Gasteiger partial charge on any atom is -0.493 e. The van der Waals surface area contributed by atoms with E-state index in [-0.39, 0.29) is 5.54 Å². The van der Waals surface area contributed by atoms with Crippen LogP contribution in [0.5, 0.6) is 5.75 Å². The fourth-order valence-electron chi connectivity index (χ4n) is 2.63. The lowest BCUT2D eigenvalue weighted by atomic mass is 9.71. The van der Waals surface area contributed by atoms with Gasteiger partial charge in [0, 0.05) is 11.5 Å². The Kier molecular flexibility index (Phi) is 1.86. The van der Waals surface area contributed by atoms with E-state index >= 15 is 0 Å². The van der Waals surface area contributed by atoms with Gasteiger partial charge in [-0.1, -0.05) is 30.4 Å². The lowest BCUT2D eigenvalue weighted by Gasteiger charge is -2.43. The molecule has 1 aromatic rings. The highest BCUT2D eigenvalue weighted by Gasteiger charge is 2.42. The molecule has 0 saturated carbocycles. The van der Waals surface area contributed by atoms with Crippen LogP contribution in [0.15, 0.2) is 36.4 Å². The largest absolute Gasteiger partial charge is 0.493 e. The zero-order valence-electron chi connectivity index (χ0n) is 8.65. The van der Waals surface area contributed by atoms with Crippen LogP contribution in [0.25, 0.3) is 0 Å². The first-order chi connectivity index (χ1) is 7.31. The number of hydrogen-bond donors (Lipinski definition) is 1. The summed E-state index contributed by atoms with van der Waals surface area (Å²) in [5.74, 6) is 1.39. The van der Waals surface area contributed by atoms with Gasteiger partial charge in [-0.25, -0.2) is 0 Å². The summed E-state index contributed by atoms with van der Waals surface area (Å²) in [5.41, 5.74) is 7.51. The molecule has 0 aromatic heterocycles. The number of fused-ring (bicyclic) bond motifs is 3. The molecule has 2 nitrogen and oxygen atoms in total. The van der Waals surface area contributed by atoms with E-state index < -0.39 is 0 Å². The topological polar surface area (TPSA) is 35.2 Å². The lowest BCUT2D eigenvalue weighted by molar-refractivity contribution is 0.128. The molecular formula is C13H15NO. The highest BCUT2D eigenvalue weighted by Crippen LogP contribution is 2.44. The van der Waals surface area contributed by atoms with Gasteiger partial charge in [0.2, 0.25) is 0 Å². The third-order valence-electron chi connectivity index (χ3n) is 3.60. The van der Waals surface area contributed by atoms with Crippen molar-refractivity contribution in [1.82, 2.24) is 0 Å². The van der Waals surface area contributed by atoms with Crippen molar-refractivity contribution in [3.8, 4) is 5.75 Å². The number of ether oxygens (including phenoxy) is 1. The first-order valence-electron chi connectivity index (χ1n) is 5.47. The molecule has 2 N–H and O–H groups in total. The molecule has 2 aliphatic rings. The number of benzene rings is 1. The second kappa shape index (κ2) is 3.11. The van der Waals surface area contributed by atoms with Crippen LogP contribution in [-0.4, -0.2) is 6.61 Å². The standard InChI is InChI=1S/C13H15NO/c14-13-8-4-3-5-10(13)9-15-12-7-2-1-6-11(12)13/h1-4,6-7,10H,5,8-9,14H2/t10-,13+/m1/s1. The molecule has 1 aliphatic carbocycles. The molecule has 3 rings (SSSR count). The number of para-hydroxylation sites is 1. The third kappa shape index (κ3) is 1.21. The van der Waals surface area contributed by atoms with E-state index in [0.717, 1.165) is 25.2 Å². The summed E-state index contributed by atoms with van der Waals surface area (Å²) in [4.78, 5) is 0. The number of rotatable bonds is 0. The van der Waals surface area contributed by atoms with E-state index in [0.29, 0.717) is 5.92 Å². The predicted octanol–water partition coefficient (Wildman–Crippen LogP) is 2.20. The first-order valence-corrected chi connectivity index (χ1v) is 5.47. The van der Waals surface area contributed by atoms with E-state index in [9.17, 15) is 0 Å². The maximum atomic E-state index is 6.54. The van der Waals surface area contributed by atoms with Crippen LogP contribution in [0.2, 0.25) is 0 Å². The summed E-state index contributed by atoms with van der Waals surface area (Å²) in [6, 6.07) is 8.15. The number of allylic oxidation sites excluding steroid dienone is 1. The molecule has 1 heterocycles. The van der Waals surface area contributed by atoms with E-state index in [2.05, 4.69) is 18.2 Å². The zero-order chi connectivity index (χ0) is 10.3. The molecule has 0 fully saturated rings. The Balaban J connectivity index is 2.13. The van der Waals surface area contributed by atoms with Gasteiger partial charge in [-0.2, -0.15) is 0 Å². The average molecular weight is 201 g/mol. The van der Waals surface area contributed by atoms with Crippen LogP contribution < -0.4 is 10.5 Å². The maximum absolute atomic E-state index is 6.54. The molecule has 0 radical (unpaired) electrons. The second-order valence-corrected chi connectivity index (χ2v) is 4.46. The molecular weight excluding hydrogens is 186 g/mol. The molecule has 1 aliphatic heterocycles. The van der Waals surface area contributed by atoms with Gasteiger partial charge >= 0.3 is 0 Å². The molecule has 0 unspecified atom stereocenters. The molecule has 0 amide bonds. The molecule has 0 spiro atoms. The van der Waals surface area contributed by atoms with Crippen LogP contribution in [0.1, 0.15) is 18.4 Å². The molecule has 2 atom stereocenters. The fraction of sp³-hybridized carbons (Fsp3) is 0.385. The predicted molar refractivity (Wildman–Crippen MR) is 59.7 cm³/mol. The normalized spacial score (nSPS) is 32.7. The van der Waals surface area contributed by atoms with Gasteiger partial charge in [0.15, 0.2) is 0 Å². The van der Waals surface area contributed by atoms with Crippen LogP contribution >= 0.6 is 0 Å². The Bertz CT molecular complexity index is 413. The van der Waals surface area contributed by atoms with Gasteiger partial charge in [0.05, 0.1) is 12.1 Å². The SMILES string of the molecule is N[C@@]12CC=CC[C@@H]1COc1ccccc12. The second-order valence-electron chi connectivity index (χ2n) is 4.46. The smallest absolute Gasteiger partial charge is 0.124 e. The van der Waals surface area contributed by atoms with Crippen molar-refractivity contribution in [1.29, 1.82) is 0 Å². The minimum absolute atomic E-state index is 0.205. The highest BCUT2D eigenvalue weighted by molar-refractivity contribution is 5.42. The minimum atomic E-state index is -0.205. The molecule has 2 heteroatoms. The summed E-state index contributed by atoms with van der Waals surface area (Å²) in [7, 11) is 0. The Morgan fingerprint density at radius 1 is 1.27 bits per heavy atom. The summed E-state index contributed by atoms with van der Waals surface area (Å²) in [6.07, 6.45) is 6.37. The van der Waals surface area contributed by atoms with E-state index in [1.54, 1.807) is 0 Å². The van der Waals surface area contributed by atoms with Crippen LogP contribution in [-0.2, 0) is 5.54 Å². The van der Waals surface area contributed by atoms with Crippen LogP contribution in [0.3, 0.4) is 0 Å². The third-order valence-corrected chi connectivity index (χ3v) is 3.60.